The normalized spacial score (nSPS) is 10.9. The number of hydrogen-bond acceptors (Lipinski definition) is 5. The van der Waals surface area contributed by atoms with Crippen LogP contribution in [0.2, 0.25) is 0 Å². The highest BCUT2D eigenvalue weighted by Crippen LogP contribution is 2.30. The van der Waals surface area contributed by atoms with Gasteiger partial charge in [-0.2, -0.15) is 0 Å². The van der Waals surface area contributed by atoms with E-state index in [4.69, 9.17) is 5.73 Å². The van der Waals surface area contributed by atoms with Gasteiger partial charge < -0.3 is 11.1 Å². The van der Waals surface area contributed by atoms with E-state index in [-0.39, 0.29) is 0 Å². The van der Waals surface area contributed by atoms with Crippen LogP contribution in [0.25, 0.3) is 10.2 Å². The minimum Gasteiger partial charge on any atom is -0.397 e. The van der Waals surface area contributed by atoms with Crippen LogP contribution < -0.4 is 11.1 Å². The maximum absolute atomic E-state index is 6.10. The number of pyridine rings is 1. The SMILES string of the molecule is Cc1nc2cc(NCc3cnccc3C)c(N)cc2s1. The van der Waals surface area contributed by atoms with E-state index in [1.165, 1.54) is 11.1 Å². The van der Waals surface area contributed by atoms with E-state index in [2.05, 4.69) is 22.2 Å². The van der Waals surface area contributed by atoms with Crippen molar-refractivity contribution >= 4 is 32.9 Å². The summed E-state index contributed by atoms with van der Waals surface area (Å²) in [5, 5.41) is 4.43. The van der Waals surface area contributed by atoms with Crippen molar-refractivity contribution in [3.63, 3.8) is 0 Å². The molecule has 0 radical (unpaired) electrons. The number of aromatic nitrogens is 2. The lowest BCUT2D eigenvalue weighted by Gasteiger charge is -2.10. The third-order valence-electron chi connectivity index (χ3n) is 3.28. The summed E-state index contributed by atoms with van der Waals surface area (Å²) in [6.45, 7) is 4.79. The molecule has 0 bridgehead atoms. The molecule has 0 atom stereocenters. The minimum atomic E-state index is 0.707. The Hall–Kier alpha value is -2.14. The predicted molar refractivity (Wildman–Crippen MR) is 85.1 cm³/mol. The molecule has 0 saturated carbocycles. The predicted octanol–water partition coefficient (Wildman–Crippen LogP) is 3.50. The lowest BCUT2D eigenvalue weighted by atomic mass is 10.1. The van der Waals surface area contributed by atoms with E-state index in [0.29, 0.717) is 6.54 Å². The fraction of sp³-hybridized carbons (Fsp3) is 0.200. The Bertz CT molecular complexity index is 764. The van der Waals surface area contributed by atoms with Crippen LogP contribution in [0.1, 0.15) is 16.1 Å². The average molecular weight is 284 g/mol. The van der Waals surface area contributed by atoms with Crippen molar-refractivity contribution in [2.75, 3.05) is 11.1 Å². The molecule has 0 spiro atoms. The molecule has 0 amide bonds. The standard InChI is InChI=1S/C15H16N4S/c1-9-3-4-17-7-11(9)8-18-13-6-14-15(5-12(13)16)20-10(2)19-14/h3-7,18H,8,16H2,1-2H3. The van der Waals surface area contributed by atoms with Crippen LogP contribution >= 0.6 is 11.3 Å². The summed E-state index contributed by atoms with van der Waals surface area (Å²) in [5.74, 6) is 0. The maximum atomic E-state index is 6.10. The molecular formula is C15H16N4S. The summed E-state index contributed by atoms with van der Waals surface area (Å²) < 4.78 is 1.13. The Labute approximate surface area is 121 Å². The molecule has 102 valence electrons. The quantitative estimate of drug-likeness (QED) is 0.722. The highest BCUT2D eigenvalue weighted by atomic mass is 32.1. The molecule has 3 aromatic rings. The number of rotatable bonds is 3. The molecule has 3 rings (SSSR count). The summed E-state index contributed by atoms with van der Waals surface area (Å²) in [6.07, 6.45) is 3.68. The van der Waals surface area contributed by atoms with Gasteiger partial charge in [-0.3, -0.25) is 4.98 Å². The fourth-order valence-electron chi connectivity index (χ4n) is 2.13. The fourth-order valence-corrected chi connectivity index (χ4v) is 2.99. The molecular weight excluding hydrogens is 268 g/mol. The number of nitrogen functional groups attached to an aromatic ring is 1. The van der Waals surface area contributed by atoms with E-state index in [1.54, 1.807) is 17.5 Å². The van der Waals surface area contributed by atoms with Gasteiger partial charge in [0.05, 0.1) is 26.6 Å². The summed E-state index contributed by atoms with van der Waals surface area (Å²) in [7, 11) is 0. The number of nitrogens with two attached hydrogens (primary N) is 1. The van der Waals surface area contributed by atoms with E-state index in [1.807, 2.05) is 31.3 Å². The van der Waals surface area contributed by atoms with Gasteiger partial charge in [0.2, 0.25) is 0 Å². The van der Waals surface area contributed by atoms with Crippen molar-refractivity contribution in [2.45, 2.75) is 20.4 Å². The monoisotopic (exact) mass is 284 g/mol. The summed E-state index contributed by atoms with van der Waals surface area (Å²) >= 11 is 1.66. The van der Waals surface area contributed by atoms with Crippen LogP contribution in [0.4, 0.5) is 11.4 Å². The van der Waals surface area contributed by atoms with Gasteiger partial charge in [-0.05, 0) is 43.2 Å². The largest absolute Gasteiger partial charge is 0.397 e. The number of aryl methyl sites for hydroxylation is 2. The number of fused-ring (bicyclic) bond motifs is 1. The molecule has 2 heterocycles. The van der Waals surface area contributed by atoms with Crippen molar-refractivity contribution in [1.29, 1.82) is 0 Å². The summed E-state index contributed by atoms with van der Waals surface area (Å²) in [6, 6.07) is 6.01. The van der Waals surface area contributed by atoms with Crippen LogP contribution in [0.5, 0.6) is 0 Å². The van der Waals surface area contributed by atoms with Gasteiger partial charge in [0.1, 0.15) is 0 Å². The topological polar surface area (TPSA) is 63.8 Å². The number of benzene rings is 1. The van der Waals surface area contributed by atoms with Crippen LogP contribution in [0, 0.1) is 13.8 Å². The van der Waals surface area contributed by atoms with Crippen LogP contribution in [0.3, 0.4) is 0 Å². The smallest absolute Gasteiger partial charge is 0.0907 e. The second kappa shape index (κ2) is 5.09. The zero-order valence-corrected chi connectivity index (χ0v) is 12.3. The molecule has 0 aliphatic heterocycles. The summed E-state index contributed by atoms with van der Waals surface area (Å²) in [4.78, 5) is 8.65. The van der Waals surface area contributed by atoms with Gasteiger partial charge >= 0.3 is 0 Å². The lowest BCUT2D eigenvalue weighted by Crippen LogP contribution is -2.04. The Kier molecular flexibility index (Phi) is 3.28. The molecule has 0 aliphatic rings. The van der Waals surface area contributed by atoms with E-state index in [0.717, 1.165) is 26.6 Å². The Morgan fingerprint density at radius 1 is 1.30 bits per heavy atom. The maximum Gasteiger partial charge on any atom is 0.0907 e. The second-order valence-corrected chi connectivity index (χ2v) is 6.03. The van der Waals surface area contributed by atoms with Gasteiger partial charge in [-0.15, -0.1) is 11.3 Å². The molecule has 0 saturated heterocycles. The molecule has 0 fully saturated rings. The number of nitrogens with zero attached hydrogens (tertiary/aromatic N) is 2. The highest BCUT2D eigenvalue weighted by Gasteiger charge is 2.06. The molecule has 4 nitrogen and oxygen atoms in total. The van der Waals surface area contributed by atoms with Crippen molar-refractivity contribution in [3.8, 4) is 0 Å². The second-order valence-electron chi connectivity index (χ2n) is 4.80. The first-order chi connectivity index (χ1) is 9.63. The van der Waals surface area contributed by atoms with Crippen molar-refractivity contribution in [1.82, 2.24) is 9.97 Å². The molecule has 0 unspecified atom stereocenters. The number of thiazole rings is 1. The van der Waals surface area contributed by atoms with E-state index >= 15 is 0 Å². The Morgan fingerprint density at radius 2 is 2.15 bits per heavy atom. The highest BCUT2D eigenvalue weighted by molar-refractivity contribution is 7.18. The zero-order valence-electron chi connectivity index (χ0n) is 11.5. The zero-order chi connectivity index (χ0) is 14.1. The first kappa shape index (κ1) is 12.9. The first-order valence-electron chi connectivity index (χ1n) is 6.43. The molecule has 0 aliphatic carbocycles. The van der Waals surface area contributed by atoms with Crippen molar-refractivity contribution in [3.05, 3.63) is 46.7 Å². The Morgan fingerprint density at radius 3 is 2.95 bits per heavy atom. The number of nitrogens with one attached hydrogen (secondary N) is 1. The third-order valence-corrected chi connectivity index (χ3v) is 4.22. The Balaban J connectivity index is 1.87. The third kappa shape index (κ3) is 2.44. The molecule has 20 heavy (non-hydrogen) atoms. The molecule has 2 aromatic heterocycles. The van der Waals surface area contributed by atoms with Gasteiger partial charge in [0, 0.05) is 18.9 Å². The van der Waals surface area contributed by atoms with Crippen LogP contribution in [-0.4, -0.2) is 9.97 Å². The molecule has 3 N–H and O–H groups in total. The minimum absolute atomic E-state index is 0.707. The number of hydrogen-bond donors (Lipinski definition) is 2. The van der Waals surface area contributed by atoms with Crippen molar-refractivity contribution in [2.24, 2.45) is 0 Å². The van der Waals surface area contributed by atoms with Crippen LogP contribution in [0.15, 0.2) is 30.6 Å². The average Bonchev–Trinajstić information content (AvgIpc) is 2.76. The molecule has 5 heteroatoms. The molecule has 1 aromatic carbocycles. The van der Waals surface area contributed by atoms with Gasteiger partial charge in [-0.25, -0.2) is 4.98 Å². The van der Waals surface area contributed by atoms with Gasteiger partial charge in [0.25, 0.3) is 0 Å². The van der Waals surface area contributed by atoms with Crippen LogP contribution in [-0.2, 0) is 6.54 Å². The van der Waals surface area contributed by atoms with E-state index in [9.17, 15) is 0 Å². The first-order valence-corrected chi connectivity index (χ1v) is 7.25. The van der Waals surface area contributed by atoms with Gasteiger partial charge in [0.15, 0.2) is 0 Å². The van der Waals surface area contributed by atoms with Crippen molar-refractivity contribution < 1.29 is 0 Å². The lowest BCUT2D eigenvalue weighted by molar-refractivity contribution is 1.08. The number of anilines is 2. The summed E-state index contributed by atoms with van der Waals surface area (Å²) in [5.41, 5.74) is 11.2. The van der Waals surface area contributed by atoms with E-state index < -0.39 is 0 Å². The van der Waals surface area contributed by atoms with Gasteiger partial charge in [-0.1, -0.05) is 0 Å².